The maximum absolute atomic E-state index is 11.3. The van der Waals surface area contributed by atoms with Crippen LogP contribution in [-0.2, 0) is 16.0 Å². The Morgan fingerprint density at radius 2 is 2.06 bits per heavy atom. The number of amides is 1. The number of hydrogen-bond acceptors (Lipinski definition) is 6. The summed E-state index contributed by atoms with van der Waals surface area (Å²) in [5.41, 5.74) is 10.6. The Morgan fingerprint density at radius 3 is 2.53 bits per heavy atom. The second-order valence-electron chi connectivity index (χ2n) is 3.18. The first-order valence-corrected chi connectivity index (χ1v) is 4.76. The Bertz CT molecular complexity index is 440. The van der Waals surface area contributed by atoms with Gasteiger partial charge in [0, 0.05) is 7.11 Å². The second kappa shape index (κ2) is 5.30. The van der Waals surface area contributed by atoms with Crippen molar-refractivity contribution in [2.75, 3.05) is 26.6 Å². The SMILES string of the molecule is COCCn1nc(C(=O)OC)c(N)c1C(N)=O. The zero-order valence-corrected chi connectivity index (χ0v) is 9.60. The first-order chi connectivity index (χ1) is 8.02. The largest absolute Gasteiger partial charge is 0.464 e. The van der Waals surface area contributed by atoms with E-state index in [1.165, 1.54) is 18.9 Å². The number of ether oxygens (including phenoxy) is 2. The van der Waals surface area contributed by atoms with E-state index in [9.17, 15) is 9.59 Å². The molecule has 0 spiro atoms. The van der Waals surface area contributed by atoms with Crippen LogP contribution in [0.3, 0.4) is 0 Å². The average molecular weight is 242 g/mol. The van der Waals surface area contributed by atoms with Gasteiger partial charge in [-0.3, -0.25) is 9.48 Å². The second-order valence-corrected chi connectivity index (χ2v) is 3.18. The number of rotatable bonds is 5. The molecule has 0 radical (unpaired) electrons. The first kappa shape index (κ1) is 13.0. The van der Waals surface area contributed by atoms with Gasteiger partial charge in [0.05, 0.1) is 25.9 Å². The minimum atomic E-state index is -0.763. The molecule has 0 saturated carbocycles. The summed E-state index contributed by atoms with van der Waals surface area (Å²) in [6.45, 7) is 0.567. The molecular formula is C9H14N4O4. The lowest BCUT2D eigenvalue weighted by Crippen LogP contribution is -2.20. The zero-order valence-electron chi connectivity index (χ0n) is 9.60. The Hall–Kier alpha value is -2.09. The number of carbonyl (C=O) groups excluding carboxylic acids is 2. The summed E-state index contributed by atoms with van der Waals surface area (Å²) in [7, 11) is 2.69. The first-order valence-electron chi connectivity index (χ1n) is 4.76. The van der Waals surface area contributed by atoms with E-state index in [0.717, 1.165) is 0 Å². The van der Waals surface area contributed by atoms with Crippen molar-refractivity contribution in [1.29, 1.82) is 0 Å². The number of anilines is 1. The number of nitrogens with two attached hydrogens (primary N) is 2. The molecule has 0 unspecified atom stereocenters. The fourth-order valence-electron chi connectivity index (χ4n) is 1.32. The molecule has 0 atom stereocenters. The van der Waals surface area contributed by atoms with Gasteiger partial charge in [-0.1, -0.05) is 0 Å². The zero-order chi connectivity index (χ0) is 13.0. The lowest BCUT2D eigenvalue weighted by Gasteiger charge is -2.03. The number of primary amides is 1. The highest BCUT2D eigenvalue weighted by atomic mass is 16.5. The van der Waals surface area contributed by atoms with E-state index in [1.54, 1.807) is 0 Å². The van der Waals surface area contributed by atoms with Gasteiger partial charge in [0.2, 0.25) is 0 Å². The van der Waals surface area contributed by atoms with E-state index in [2.05, 4.69) is 9.84 Å². The fourth-order valence-corrected chi connectivity index (χ4v) is 1.32. The monoisotopic (exact) mass is 242 g/mol. The molecule has 0 bridgehead atoms. The van der Waals surface area contributed by atoms with Crippen LogP contribution >= 0.6 is 0 Å². The number of aromatic nitrogens is 2. The van der Waals surface area contributed by atoms with Gasteiger partial charge in [0.1, 0.15) is 5.69 Å². The van der Waals surface area contributed by atoms with Crippen molar-refractivity contribution in [2.45, 2.75) is 6.54 Å². The molecule has 1 aromatic heterocycles. The molecular weight excluding hydrogens is 228 g/mol. The molecule has 1 rings (SSSR count). The Morgan fingerprint density at radius 1 is 1.41 bits per heavy atom. The standard InChI is InChI=1S/C9H14N4O4/c1-16-4-3-13-7(8(11)14)5(10)6(12-13)9(15)17-2/h3-4,10H2,1-2H3,(H2,11,14). The molecule has 1 aromatic rings. The molecule has 0 saturated heterocycles. The third kappa shape index (κ3) is 2.53. The number of nitrogen functional groups attached to an aromatic ring is 1. The molecule has 4 N–H and O–H groups in total. The van der Waals surface area contributed by atoms with E-state index in [0.29, 0.717) is 6.61 Å². The molecule has 0 aromatic carbocycles. The van der Waals surface area contributed by atoms with Crippen LogP contribution in [-0.4, -0.2) is 42.5 Å². The van der Waals surface area contributed by atoms with E-state index in [1.807, 2.05) is 0 Å². The van der Waals surface area contributed by atoms with Crippen LogP contribution in [0.4, 0.5) is 5.69 Å². The van der Waals surface area contributed by atoms with Gasteiger partial charge in [-0.2, -0.15) is 5.10 Å². The van der Waals surface area contributed by atoms with Gasteiger partial charge in [-0.05, 0) is 0 Å². The van der Waals surface area contributed by atoms with Crippen molar-refractivity contribution in [1.82, 2.24) is 9.78 Å². The van der Waals surface area contributed by atoms with E-state index < -0.39 is 11.9 Å². The number of methoxy groups -OCH3 is 2. The smallest absolute Gasteiger partial charge is 0.360 e. The Kier molecular flexibility index (Phi) is 4.05. The van der Waals surface area contributed by atoms with Crippen LogP contribution in [0.25, 0.3) is 0 Å². The summed E-state index contributed by atoms with van der Waals surface area (Å²) in [4.78, 5) is 22.6. The van der Waals surface area contributed by atoms with Gasteiger partial charge in [-0.15, -0.1) is 0 Å². The molecule has 8 nitrogen and oxygen atoms in total. The van der Waals surface area contributed by atoms with Crippen molar-refractivity contribution in [2.24, 2.45) is 5.73 Å². The van der Waals surface area contributed by atoms with Gasteiger partial charge in [-0.25, -0.2) is 4.79 Å². The predicted octanol–water partition coefficient (Wildman–Crippen LogP) is -1.00. The van der Waals surface area contributed by atoms with Gasteiger partial charge >= 0.3 is 5.97 Å². The van der Waals surface area contributed by atoms with Crippen molar-refractivity contribution < 1.29 is 19.1 Å². The quantitative estimate of drug-likeness (QED) is 0.638. The summed E-state index contributed by atoms with van der Waals surface area (Å²) in [6.07, 6.45) is 0. The highest BCUT2D eigenvalue weighted by Crippen LogP contribution is 2.17. The van der Waals surface area contributed by atoms with Gasteiger partial charge < -0.3 is 20.9 Å². The average Bonchev–Trinajstić information content (AvgIpc) is 2.62. The summed E-state index contributed by atoms with van der Waals surface area (Å²) in [5, 5.41) is 3.88. The third-order valence-electron chi connectivity index (χ3n) is 2.11. The van der Waals surface area contributed by atoms with Crippen molar-refractivity contribution in [3.63, 3.8) is 0 Å². The molecule has 94 valence electrons. The van der Waals surface area contributed by atoms with E-state index in [-0.39, 0.29) is 23.6 Å². The van der Waals surface area contributed by atoms with Crippen molar-refractivity contribution in [3.05, 3.63) is 11.4 Å². The maximum atomic E-state index is 11.3. The molecule has 0 aliphatic heterocycles. The molecule has 17 heavy (non-hydrogen) atoms. The van der Waals surface area contributed by atoms with Crippen LogP contribution in [0.5, 0.6) is 0 Å². The van der Waals surface area contributed by atoms with Crippen molar-refractivity contribution >= 4 is 17.6 Å². The lowest BCUT2D eigenvalue weighted by atomic mass is 10.3. The number of carbonyl (C=O) groups is 2. The Balaban J connectivity index is 3.19. The fraction of sp³-hybridized carbons (Fsp3) is 0.444. The molecule has 0 fully saturated rings. The summed E-state index contributed by atoms with van der Waals surface area (Å²) >= 11 is 0. The van der Waals surface area contributed by atoms with Crippen LogP contribution in [0, 0.1) is 0 Å². The van der Waals surface area contributed by atoms with Gasteiger partial charge in [0.25, 0.3) is 5.91 Å². The minimum Gasteiger partial charge on any atom is -0.464 e. The van der Waals surface area contributed by atoms with E-state index >= 15 is 0 Å². The molecule has 0 aliphatic rings. The summed E-state index contributed by atoms with van der Waals surface area (Å²) in [6, 6.07) is 0. The number of hydrogen-bond donors (Lipinski definition) is 2. The molecule has 1 amide bonds. The van der Waals surface area contributed by atoms with Crippen LogP contribution in [0.1, 0.15) is 21.0 Å². The predicted molar refractivity (Wildman–Crippen MR) is 58.4 cm³/mol. The molecule has 8 heteroatoms. The normalized spacial score (nSPS) is 10.2. The number of nitrogens with zero attached hydrogens (tertiary/aromatic N) is 2. The highest BCUT2D eigenvalue weighted by Gasteiger charge is 2.24. The minimum absolute atomic E-state index is 0.0255. The molecule has 0 aliphatic carbocycles. The Labute approximate surface area is 97.5 Å². The van der Waals surface area contributed by atoms with Crippen LogP contribution in [0.15, 0.2) is 0 Å². The molecule has 1 heterocycles. The van der Waals surface area contributed by atoms with Crippen molar-refractivity contribution in [3.8, 4) is 0 Å². The lowest BCUT2D eigenvalue weighted by molar-refractivity contribution is 0.0593. The van der Waals surface area contributed by atoms with E-state index in [4.69, 9.17) is 16.2 Å². The third-order valence-corrected chi connectivity index (χ3v) is 2.11. The topological polar surface area (TPSA) is 122 Å². The maximum Gasteiger partial charge on any atom is 0.360 e. The van der Waals surface area contributed by atoms with Crippen LogP contribution < -0.4 is 11.5 Å². The summed E-state index contributed by atoms with van der Waals surface area (Å²) in [5.74, 6) is -1.48. The number of esters is 1. The van der Waals surface area contributed by atoms with Gasteiger partial charge in [0.15, 0.2) is 5.69 Å². The summed E-state index contributed by atoms with van der Waals surface area (Å²) < 4.78 is 10.6. The highest BCUT2D eigenvalue weighted by molar-refractivity contribution is 6.03. The van der Waals surface area contributed by atoms with Crippen LogP contribution in [0.2, 0.25) is 0 Å².